The summed E-state index contributed by atoms with van der Waals surface area (Å²) in [7, 11) is -7.04. The summed E-state index contributed by atoms with van der Waals surface area (Å²) in [4.78, 5) is 30.9. The molecular formula is C41H34N6O9S2. The Balaban J connectivity index is 1.22. The number of anilines is 2. The second kappa shape index (κ2) is 14.3. The number of hydrogen-bond acceptors (Lipinski definition) is 12. The Morgan fingerprint density at radius 1 is 0.828 bits per heavy atom. The molecule has 1 N–H and O–H groups in total. The third-order valence-electron chi connectivity index (χ3n) is 9.94. The van der Waals surface area contributed by atoms with Crippen molar-refractivity contribution >= 4 is 54.6 Å². The van der Waals surface area contributed by atoms with E-state index in [9.17, 15) is 31.7 Å². The molecular weight excluding hydrogens is 785 g/mol. The van der Waals surface area contributed by atoms with Crippen molar-refractivity contribution in [3.8, 4) is 17.2 Å². The molecule has 294 valence electrons. The molecule has 5 aromatic carbocycles. The molecule has 1 aromatic heterocycles. The first-order valence-corrected chi connectivity index (χ1v) is 20.8. The van der Waals surface area contributed by atoms with Gasteiger partial charge in [-0.05, 0) is 90.7 Å². The van der Waals surface area contributed by atoms with Crippen molar-refractivity contribution < 1.29 is 35.5 Å². The number of carbonyl (C=O) groups excluding carboxylic acids is 1. The molecule has 2 aliphatic heterocycles. The van der Waals surface area contributed by atoms with Gasteiger partial charge in [0.25, 0.3) is 11.6 Å². The Kier molecular flexibility index (Phi) is 9.36. The van der Waals surface area contributed by atoms with Crippen LogP contribution in [0.2, 0.25) is 0 Å². The highest BCUT2D eigenvalue weighted by Gasteiger charge is 2.43. The first kappa shape index (κ1) is 38.0. The Hall–Kier alpha value is -6.85. The van der Waals surface area contributed by atoms with Crippen LogP contribution in [0.4, 0.5) is 22.9 Å². The van der Waals surface area contributed by atoms with Crippen molar-refractivity contribution in [2.24, 2.45) is 4.99 Å². The number of hydrogen-bond donors (Lipinski definition) is 1. The third-order valence-corrected chi connectivity index (χ3v) is 13.0. The van der Waals surface area contributed by atoms with E-state index >= 15 is 0 Å². The van der Waals surface area contributed by atoms with Crippen LogP contribution in [0.3, 0.4) is 0 Å². The van der Waals surface area contributed by atoms with Gasteiger partial charge in [0.1, 0.15) is 4.90 Å². The number of nitro benzene ring substituents is 1. The summed E-state index contributed by atoms with van der Waals surface area (Å²) in [5, 5.41) is 19.1. The van der Waals surface area contributed by atoms with E-state index in [0.717, 1.165) is 11.6 Å². The van der Waals surface area contributed by atoms with Gasteiger partial charge in [-0.1, -0.05) is 50.2 Å². The molecule has 2 aliphatic rings. The lowest BCUT2D eigenvalue weighted by atomic mass is 9.93. The van der Waals surface area contributed by atoms with Crippen LogP contribution in [0.5, 0.6) is 11.5 Å². The Labute approximate surface area is 333 Å². The van der Waals surface area contributed by atoms with Crippen molar-refractivity contribution in [1.82, 2.24) is 9.78 Å². The molecule has 0 radical (unpaired) electrons. The van der Waals surface area contributed by atoms with E-state index in [1.54, 1.807) is 65.0 Å². The Morgan fingerprint density at radius 3 is 2.19 bits per heavy atom. The summed E-state index contributed by atoms with van der Waals surface area (Å²) in [6.07, 6.45) is 0. The first-order chi connectivity index (χ1) is 27.7. The number of aliphatic imine (C=N–C) groups is 1. The molecule has 0 spiro atoms. The van der Waals surface area contributed by atoms with E-state index in [4.69, 9.17) is 19.0 Å². The topological polar surface area (TPSA) is 192 Å². The van der Waals surface area contributed by atoms with E-state index in [1.165, 1.54) is 43.5 Å². The van der Waals surface area contributed by atoms with Crippen molar-refractivity contribution in [2.75, 3.05) is 17.3 Å². The number of ether oxygens (including phenoxy) is 1. The highest BCUT2D eigenvalue weighted by molar-refractivity contribution is 7.91. The summed E-state index contributed by atoms with van der Waals surface area (Å²) < 4.78 is 66.4. The maximum Gasteiger partial charge on any atom is 0.339 e. The lowest BCUT2D eigenvalue weighted by Gasteiger charge is -2.40. The van der Waals surface area contributed by atoms with Gasteiger partial charge in [-0.3, -0.25) is 14.9 Å². The van der Waals surface area contributed by atoms with Gasteiger partial charge < -0.3 is 19.1 Å². The summed E-state index contributed by atoms with van der Waals surface area (Å²) >= 11 is 0. The number of amides is 1. The van der Waals surface area contributed by atoms with Crippen LogP contribution in [-0.4, -0.2) is 50.4 Å². The Morgan fingerprint density at radius 2 is 1.52 bits per heavy atom. The van der Waals surface area contributed by atoms with E-state index in [2.05, 4.69) is 5.32 Å². The van der Waals surface area contributed by atoms with Gasteiger partial charge in [-0.15, -0.1) is 0 Å². The monoisotopic (exact) mass is 818 g/mol. The number of sulfone groups is 1. The maximum absolute atomic E-state index is 13.8. The molecule has 0 saturated heterocycles. The zero-order chi connectivity index (χ0) is 41.1. The van der Waals surface area contributed by atoms with E-state index in [-0.39, 0.29) is 33.0 Å². The molecule has 1 atom stereocenters. The predicted molar refractivity (Wildman–Crippen MR) is 215 cm³/mol. The average Bonchev–Trinajstić information content (AvgIpc) is 3.55. The van der Waals surface area contributed by atoms with Crippen LogP contribution in [0.1, 0.15) is 48.2 Å². The van der Waals surface area contributed by atoms with Crippen molar-refractivity contribution in [3.05, 3.63) is 148 Å². The summed E-state index contributed by atoms with van der Waals surface area (Å²) in [5.41, 5.74) is 3.95. The Bertz CT molecular complexity index is 2910. The number of methoxy groups -OCH3 is 1. The van der Waals surface area contributed by atoms with Gasteiger partial charge in [0.2, 0.25) is 15.7 Å². The van der Waals surface area contributed by atoms with Crippen LogP contribution >= 0.6 is 0 Å². The number of rotatable bonds is 10. The fraction of sp³-hybridized carbons (Fsp3) is 0.146. The van der Waals surface area contributed by atoms with Gasteiger partial charge >= 0.3 is 10.1 Å². The number of amidine groups is 1. The number of para-hydroxylation sites is 2. The molecule has 6 aromatic rings. The van der Waals surface area contributed by atoms with E-state index < -0.39 is 47.4 Å². The number of non-ortho nitro benzene ring substituents is 1. The zero-order valence-corrected chi connectivity index (χ0v) is 33.0. The lowest BCUT2D eigenvalue weighted by Crippen LogP contribution is -2.48. The van der Waals surface area contributed by atoms with Gasteiger partial charge in [0.15, 0.2) is 17.3 Å². The fourth-order valence-corrected chi connectivity index (χ4v) is 9.26. The van der Waals surface area contributed by atoms with Crippen LogP contribution in [0.15, 0.2) is 135 Å². The standard InChI is InChI=1S/C41H34N6O9S2/c1-24(2)26-12-17-30(18-13-26)57(51,52)31-19-15-28(16-20-31)46-39-37(25(3)44-46)38(45-34-11-6-5-10-33(34)42-41(48)40(45)43-39)27-14-21-35(36(22-27)55-4)56-58(53,54)32-9-7-8-29(23-32)47(49)50/h5-24,38H,1-4H3,(H,42,48)/t38-/m0/s1. The molecule has 0 saturated carbocycles. The van der Waals surface area contributed by atoms with Crippen molar-refractivity contribution in [2.45, 2.75) is 47.4 Å². The number of aromatic nitrogens is 2. The van der Waals surface area contributed by atoms with Gasteiger partial charge in [0.05, 0.1) is 50.6 Å². The molecule has 0 fully saturated rings. The second-order valence-corrected chi connectivity index (χ2v) is 17.3. The lowest BCUT2D eigenvalue weighted by molar-refractivity contribution is -0.385. The second-order valence-electron chi connectivity index (χ2n) is 13.8. The highest BCUT2D eigenvalue weighted by atomic mass is 32.2. The summed E-state index contributed by atoms with van der Waals surface area (Å²) in [6, 6.07) is 28.6. The highest BCUT2D eigenvalue weighted by Crippen LogP contribution is 2.49. The number of nitrogens with one attached hydrogen (secondary N) is 1. The van der Waals surface area contributed by atoms with Crippen molar-refractivity contribution in [3.63, 3.8) is 0 Å². The number of fused-ring (bicyclic) bond motifs is 4. The first-order valence-electron chi connectivity index (χ1n) is 17.9. The average molecular weight is 819 g/mol. The molecule has 3 heterocycles. The van der Waals surface area contributed by atoms with Crippen LogP contribution in [0, 0.1) is 17.0 Å². The minimum atomic E-state index is -4.54. The number of benzene rings is 5. The number of nitro groups is 1. The van der Waals surface area contributed by atoms with Gasteiger partial charge in [-0.25, -0.2) is 18.1 Å². The minimum Gasteiger partial charge on any atom is -0.493 e. The SMILES string of the molecule is COc1cc([C@H]2c3c(C)nn(-c4ccc(S(=O)(=O)c5ccc(C(C)C)cc5)cc4)c3N=C3C(=O)Nc4ccccc4N32)ccc1OS(=O)(=O)c1cccc([N+](=O)[O-])c1. The smallest absolute Gasteiger partial charge is 0.339 e. The summed E-state index contributed by atoms with van der Waals surface area (Å²) in [5.74, 6) is -0.0344. The number of carbonyl (C=O) groups is 1. The van der Waals surface area contributed by atoms with Crippen LogP contribution in [0.25, 0.3) is 5.69 Å². The van der Waals surface area contributed by atoms with Crippen molar-refractivity contribution in [1.29, 1.82) is 0 Å². The molecule has 17 heteroatoms. The largest absolute Gasteiger partial charge is 0.493 e. The third kappa shape index (κ3) is 6.53. The predicted octanol–water partition coefficient (Wildman–Crippen LogP) is 7.41. The molecule has 58 heavy (non-hydrogen) atoms. The zero-order valence-electron chi connectivity index (χ0n) is 31.4. The van der Waals surface area contributed by atoms with Crippen LogP contribution < -0.4 is 19.1 Å². The van der Waals surface area contributed by atoms with E-state index in [0.29, 0.717) is 39.7 Å². The number of nitrogens with zero attached hydrogens (tertiary/aromatic N) is 5. The molecule has 8 rings (SSSR count). The van der Waals surface area contributed by atoms with Gasteiger partial charge in [-0.2, -0.15) is 13.5 Å². The van der Waals surface area contributed by atoms with Gasteiger partial charge in [0, 0.05) is 17.7 Å². The number of aryl methyl sites for hydroxylation is 1. The maximum atomic E-state index is 13.8. The molecule has 15 nitrogen and oxygen atoms in total. The molecule has 0 bridgehead atoms. The van der Waals surface area contributed by atoms with Crippen LogP contribution in [-0.2, 0) is 24.7 Å². The quantitative estimate of drug-likeness (QED) is 0.0822. The normalized spacial score (nSPS) is 14.8. The molecule has 0 unspecified atom stereocenters. The molecule has 1 amide bonds. The minimum absolute atomic E-state index is 0.0209. The summed E-state index contributed by atoms with van der Waals surface area (Å²) in [6.45, 7) is 5.86. The fourth-order valence-electron chi connectivity index (χ4n) is 7.01. The molecule has 0 aliphatic carbocycles. The van der Waals surface area contributed by atoms with E-state index in [1.807, 2.05) is 38.1 Å².